The highest BCUT2D eigenvalue weighted by Gasteiger charge is 2.20. The molecular formula is C16H25FN2. The lowest BCUT2D eigenvalue weighted by atomic mass is 9.98. The van der Waals surface area contributed by atoms with Gasteiger partial charge in [0, 0.05) is 19.1 Å². The average Bonchev–Trinajstić information content (AvgIpc) is 2.43. The molecule has 1 unspecified atom stereocenters. The van der Waals surface area contributed by atoms with Crippen LogP contribution >= 0.6 is 0 Å². The number of likely N-dealkylation sites (tertiary alicyclic amines) is 1. The highest BCUT2D eigenvalue weighted by Crippen LogP contribution is 2.20. The molecule has 3 heteroatoms. The number of halogens is 1. The van der Waals surface area contributed by atoms with Crippen LogP contribution < -0.4 is 5.32 Å². The Bertz CT molecular complexity index is 379. The first-order valence-corrected chi connectivity index (χ1v) is 7.53. The highest BCUT2D eigenvalue weighted by molar-refractivity contribution is 5.44. The molecule has 1 fully saturated rings. The van der Waals surface area contributed by atoms with E-state index < -0.39 is 0 Å². The van der Waals surface area contributed by atoms with Crippen LogP contribution in [0, 0.1) is 5.82 Å². The zero-order chi connectivity index (χ0) is 13.5. The molecule has 1 aliphatic heterocycles. The third-order valence-electron chi connectivity index (χ3n) is 3.96. The molecule has 0 spiro atoms. The molecule has 19 heavy (non-hydrogen) atoms. The number of piperidine rings is 1. The van der Waals surface area contributed by atoms with Gasteiger partial charge in [0.05, 0.1) is 5.69 Å². The number of para-hydroxylation sites is 1. The summed E-state index contributed by atoms with van der Waals surface area (Å²) in [5.41, 5.74) is 0.617. The van der Waals surface area contributed by atoms with E-state index in [1.807, 2.05) is 6.07 Å². The average molecular weight is 264 g/mol. The Balaban J connectivity index is 1.79. The minimum Gasteiger partial charge on any atom is -0.381 e. The molecular weight excluding hydrogens is 239 g/mol. The van der Waals surface area contributed by atoms with Crippen LogP contribution in [0.1, 0.15) is 39.0 Å². The summed E-state index contributed by atoms with van der Waals surface area (Å²) in [6.07, 6.45) is 6.54. The van der Waals surface area contributed by atoms with Crippen molar-refractivity contribution in [2.75, 3.05) is 25.0 Å². The second kappa shape index (κ2) is 7.49. The topological polar surface area (TPSA) is 15.3 Å². The molecule has 1 heterocycles. The zero-order valence-electron chi connectivity index (χ0n) is 11.9. The number of hydrogen-bond acceptors (Lipinski definition) is 2. The van der Waals surface area contributed by atoms with E-state index in [2.05, 4.69) is 17.1 Å². The van der Waals surface area contributed by atoms with Crippen LogP contribution in [0.25, 0.3) is 0 Å². The monoisotopic (exact) mass is 264 g/mol. The maximum absolute atomic E-state index is 13.5. The fraction of sp³-hybridized carbons (Fsp3) is 0.625. The van der Waals surface area contributed by atoms with Crippen molar-refractivity contribution in [1.82, 2.24) is 4.90 Å². The van der Waals surface area contributed by atoms with E-state index in [0.717, 1.165) is 19.1 Å². The lowest BCUT2D eigenvalue weighted by Gasteiger charge is -2.35. The molecule has 0 aromatic heterocycles. The van der Waals surface area contributed by atoms with E-state index in [9.17, 15) is 4.39 Å². The third-order valence-corrected chi connectivity index (χ3v) is 3.96. The van der Waals surface area contributed by atoms with Gasteiger partial charge in [-0.25, -0.2) is 4.39 Å². The molecule has 1 atom stereocenters. The summed E-state index contributed by atoms with van der Waals surface area (Å²) in [6.45, 7) is 5.29. The molecule has 2 nitrogen and oxygen atoms in total. The predicted octanol–water partition coefficient (Wildman–Crippen LogP) is 3.89. The van der Waals surface area contributed by atoms with Gasteiger partial charge in [-0.1, -0.05) is 31.9 Å². The Kier molecular flexibility index (Phi) is 5.64. The summed E-state index contributed by atoms with van der Waals surface area (Å²) in [5, 5.41) is 3.21. The van der Waals surface area contributed by atoms with Gasteiger partial charge in [0.2, 0.25) is 0 Å². The molecule has 0 amide bonds. The first-order valence-electron chi connectivity index (χ1n) is 7.53. The number of nitrogens with one attached hydrogen (secondary N) is 1. The lowest BCUT2D eigenvalue weighted by molar-refractivity contribution is 0.145. The van der Waals surface area contributed by atoms with Crippen molar-refractivity contribution in [3.63, 3.8) is 0 Å². The zero-order valence-corrected chi connectivity index (χ0v) is 11.9. The largest absolute Gasteiger partial charge is 0.381 e. The van der Waals surface area contributed by atoms with Crippen molar-refractivity contribution in [3.8, 4) is 0 Å². The van der Waals surface area contributed by atoms with Gasteiger partial charge in [0.25, 0.3) is 0 Å². The van der Waals surface area contributed by atoms with Crippen LogP contribution in [-0.2, 0) is 0 Å². The van der Waals surface area contributed by atoms with Gasteiger partial charge >= 0.3 is 0 Å². The van der Waals surface area contributed by atoms with Gasteiger partial charge in [-0.05, 0) is 37.9 Å². The molecule has 1 aliphatic rings. The van der Waals surface area contributed by atoms with E-state index in [-0.39, 0.29) is 5.82 Å². The molecule has 106 valence electrons. The Morgan fingerprint density at radius 2 is 2.16 bits per heavy atom. The van der Waals surface area contributed by atoms with Gasteiger partial charge in [0.1, 0.15) is 5.82 Å². The summed E-state index contributed by atoms with van der Waals surface area (Å²) in [5.74, 6) is -0.161. The van der Waals surface area contributed by atoms with E-state index in [0.29, 0.717) is 5.69 Å². The predicted molar refractivity (Wildman–Crippen MR) is 79.0 cm³/mol. The fourth-order valence-electron chi connectivity index (χ4n) is 2.95. The summed E-state index contributed by atoms with van der Waals surface area (Å²) in [7, 11) is 0. The molecule has 1 N–H and O–H groups in total. The molecule has 1 aromatic carbocycles. The van der Waals surface area contributed by atoms with Crippen molar-refractivity contribution >= 4 is 5.69 Å². The van der Waals surface area contributed by atoms with E-state index in [4.69, 9.17) is 0 Å². The normalized spacial score (nSPS) is 20.4. The van der Waals surface area contributed by atoms with Crippen molar-refractivity contribution in [2.24, 2.45) is 0 Å². The number of hydrogen-bond donors (Lipinski definition) is 1. The highest BCUT2D eigenvalue weighted by atomic mass is 19.1. The SMILES string of the molecule is CCCC1CCCCN1CCNc1ccccc1F. The summed E-state index contributed by atoms with van der Waals surface area (Å²) >= 11 is 0. The quantitative estimate of drug-likeness (QED) is 0.838. The van der Waals surface area contributed by atoms with Crippen molar-refractivity contribution in [1.29, 1.82) is 0 Å². The molecule has 1 aromatic rings. The smallest absolute Gasteiger partial charge is 0.146 e. The van der Waals surface area contributed by atoms with Crippen LogP contribution in [-0.4, -0.2) is 30.6 Å². The first-order chi connectivity index (χ1) is 9.31. The summed E-state index contributed by atoms with van der Waals surface area (Å²) in [4.78, 5) is 2.57. The van der Waals surface area contributed by atoms with Gasteiger partial charge in [-0.15, -0.1) is 0 Å². The molecule has 0 saturated carbocycles. The van der Waals surface area contributed by atoms with Crippen LogP contribution in [0.3, 0.4) is 0 Å². The van der Waals surface area contributed by atoms with Crippen LogP contribution in [0.4, 0.5) is 10.1 Å². The van der Waals surface area contributed by atoms with Gasteiger partial charge in [-0.2, -0.15) is 0 Å². The molecule has 0 bridgehead atoms. The third kappa shape index (κ3) is 4.20. The molecule has 0 radical (unpaired) electrons. The standard InChI is InChI=1S/C16H25FN2/c1-2-7-14-8-5-6-12-19(14)13-11-18-16-10-4-3-9-15(16)17/h3-4,9-10,14,18H,2,5-8,11-13H2,1H3. The number of nitrogens with zero attached hydrogens (tertiary/aromatic N) is 1. The van der Waals surface area contributed by atoms with Crippen molar-refractivity contribution in [2.45, 2.75) is 45.1 Å². The Labute approximate surface area is 116 Å². The molecule has 2 rings (SSSR count). The van der Waals surface area contributed by atoms with Crippen molar-refractivity contribution in [3.05, 3.63) is 30.1 Å². The van der Waals surface area contributed by atoms with Gasteiger partial charge < -0.3 is 5.32 Å². The van der Waals surface area contributed by atoms with Crippen LogP contribution in [0.15, 0.2) is 24.3 Å². The first kappa shape index (κ1) is 14.3. The van der Waals surface area contributed by atoms with Crippen molar-refractivity contribution < 1.29 is 4.39 Å². The lowest BCUT2D eigenvalue weighted by Crippen LogP contribution is -2.41. The van der Waals surface area contributed by atoms with E-state index in [1.54, 1.807) is 12.1 Å². The minimum absolute atomic E-state index is 0.161. The molecule has 1 saturated heterocycles. The number of rotatable bonds is 6. The number of benzene rings is 1. The van der Waals surface area contributed by atoms with E-state index in [1.165, 1.54) is 44.7 Å². The maximum Gasteiger partial charge on any atom is 0.146 e. The van der Waals surface area contributed by atoms with Crippen LogP contribution in [0.2, 0.25) is 0 Å². The van der Waals surface area contributed by atoms with Crippen LogP contribution in [0.5, 0.6) is 0 Å². The molecule has 0 aliphatic carbocycles. The van der Waals surface area contributed by atoms with Gasteiger partial charge in [0.15, 0.2) is 0 Å². The fourth-order valence-corrected chi connectivity index (χ4v) is 2.95. The van der Waals surface area contributed by atoms with Gasteiger partial charge in [-0.3, -0.25) is 4.90 Å². The Hall–Kier alpha value is -1.09. The second-order valence-electron chi connectivity index (χ2n) is 5.38. The Morgan fingerprint density at radius 1 is 1.32 bits per heavy atom. The summed E-state index contributed by atoms with van der Waals surface area (Å²) in [6, 6.07) is 7.63. The van der Waals surface area contributed by atoms with E-state index >= 15 is 0 Å². The summed E-state index contributed by atoms with van der Waals surface area (Å²) < 4.78 is 13.5. The Morgan fingerprint density at radius 3 is 2.95 bits per heavy atom. The maximum atomic E-state index is 13.5. The second-order valence-corrected chi connectivity index (χ2v) is 5.38. The minimum atomic E-state index is -0.161. The number of anilines is 1.